The average Bonchev–Trinajstić information content (AvgIpc) is 2.63. The van der Waals surface area contributed by atoms with Gasteiger partial charge in [0.1, 0.15) is 0 Å². The summed E-state index contributed by atoms with van der Waals surface area (Å²) in [7, 11) is -1.60. The lowest BCUT2D eigenvalue weighted by molar-refractivity contribution is 1.15. The lowest BCUT2D eigenvalue weighted by Crippen LogP contribution is -2.59. The molecule has 1 unspecified atom stereocenters. The Balaban J connectivity index is 2.44. The summed E-state index contributed by atoms with van der Waals surface area (Å²) in [4.78, 5) is 3.95. The first-order valence-electron chi connectivity index (χ1n) is 6.66. The van der Waals surface area contributed by atoms with E-state index in [1.807, 2.05) is 0 Å². The fourth-order valence-corrected chi connectivity index (χ4v) is 6.80. The summed E-state index contributed by atoms with van der Waals surface area (Å²) >= 11 is 0. The summed E-state index contributed by atoms with van der Waals surface area (Å²) in [5.74, 6) is 0. The van der Waals surface area contributed by atoms with Gasteiger partial charge in [-0.1, -0.05) is 61.2 Å². The van der Waals surface area contributed by atoms with Crippen LogP contribution >= 0.6 is 0 Å². The molecule has 0 saturated heterocycles. The molecule has 0 aromatic heterocycles. The van der Waals surface area contributed by atoms with Crippen molar-refractivity contribution in [2.45, 2.75) is 40.1 Å². The van der Waals surface area contributed by atoms with Crippen LogP contribution in [0.4, 0.5) is 0 Å². The Bertz CT molecular complexity index is 429. The maximum Gasteiger partial charge on any atom is 0.243 e. The van der Waals surface area contributed by atoms with Crippen LogP contribution in [0.1, 0.15) is 27.2 Å². The summed E-state index contributed by atoms with van der Waals surface area (Å²) in [6.07, 6.45) is 2.39. The van der Waals surface area contributed by atoms with Gasteiger partial charge < -0.3 is 4.89 Å². The normalized spacial score (nSPS) is 24.6. The van der Waals surface area contributed by atoms with Crippen molar-refractivity contribution in [1.82, 2.24) is 4.89 Å². The van der Waals surface area contributed by atoms with E-state index in [0.717, 1.165) is 0 Å². The van der Waals surface area contributed by atoms with E-state index < -0.39 is 8.24 Å². The molecule has 90 valence electrons. The van der Waals surface area contributed by atoms with Crippen molar-refractivity contribution in [2.75, 3.05) is 0 Å². The van der Waals surface area contributed by atoms with E-state index in [4.69, 9.17) is 0 Å². The molecule has 0 radical (unpaired) electrons. The smallest absolute Gasteiger partial charge is 0.243 e. The van der Waals surface area contributed by atoms with Gasteiger partial charge >= 0.3 is 0 Å². The summed E-state index contributed by atoms with van der Waals surface area (Å²) in [6.45, 7) is 9.97. The van der Waals surface area contributed by atoms with Gasteiger partial charge in [0, 0.05) is 0 Å². The van der Waals surface area contributed by atoms with E-state index in [2.05, 4.69) is 62.5 Å². The van der Waals surface area contributed by atoms with Crippen LogP contribution in [-0.4, -0.2) is 15.1 Å². The first-order chi connectivity index (χ1) is 8.13. The summed E-state index contributed by atoms with van der Waals surface area (Å²) in [6, 6.07) is 11.0. The van der Waals surface area contributed by atoms with Gasteiger partial charge in [-0.25, -0.2) is 0 Å². The molecule has 1 heterocycles. The fourth-order valence-electron chi connectivity index (χ4n) is 3.06. The van der Waals surface area contributed by atoms with E-state index in [1.54, 1.807) is 10.7 Å². The minimum atomic E-state index is -1.60. The molecule has 1 aliphatic rings. The van der Waals surface area contributed by atoms with Crippen LogP contribution in [0.25, 0.3) is 0 Å². The van der Waals surface area contributed by atoms with Crippen LogP contribution in [0, 0.1) is 0 Å². The predicted molar refractivity (Wildman–Crippen MR) is 80.1 cm³/mol. The first kappa shape index (κ1) is 12.7. The van der Waals surface area contributed by atoms with Crippen LogP contribution in [0.15, 0.2) is 41.0 Å². The summed E-state index contributed by atoms with van der Waals surface area (Å²) in [5.41, 5.74) is 1.66. The molecule has 1 aliphatic heterocycles. The molecular formula is C14H22BNSi. The molecule has 1 nitrogen and oxygen atoms in total. The molecule has 0 fully saturated rings. The van der Waals surface area contributed by atoms with Crippen LogP contribution in [0.5, 0.6) is 0 Å². The average molecular weight is 243 g/mol. The Morgan fingerprint density at radius 3 is 2.29 bits per heavy atom. The number of allylic oxidation sites excluding steroid dienone is 2. The highest BCUT2D eigenvalue weighted by Crippen LogP contribution is 2.28. The number of nitrogens with one attached hydrogen (secondary N) is 1. The largest absolute Gasteiger partial charge is 0.368 e. The maximum atomic E-state index is 3.95. The zero-order valence-electron chi connectivity index (χ0n) is 11.4. The zero-order valence-corrected chi connectivity index (χ0v) is 12.4. The summed E-state index contributed by atoms with van der Waals surface area (Å²) in [5, 5.41) is 3.16. The quantitative estimate of drug-likeness (QED) is 0.805. The Morgan fingerprint density at radius 2 is 1.82 bits per heavy atom. The van der Waals surface area contributed by atoms with E-state index in [9.17, 15) is 0 Å². The van der Waals surface area contributed by atoms with Crippen molar-refractivity contribution >= 4 is 20.3 Å². The molecular weight excluding hydrogens is 221 g/mol. The lowest BCUT2D eigenvalue weighted by atomic mass is 9.54. The monoisotopic (exact) mass is 243 g/mol. The second kappa shape index (κ2) is 4.83. The Labute approximate surface area is 107 Å². The maximum absolute atomic E-state index is 3.95. The second-order valence-electron chi connectivity index (χ2n) is 5.10. The van der Waals surface area contributed by atoms with Gasteiger partial charge in [-0.3, -0.25) is 0 Å². The van der Waals surface area contributed by atoms with Gasteiger partial charge in [0.05, 0.1) is 0 Å². The van der Waals surface area contributed by atoms with Gasteiger partial charge in [-0.2, -0.15) is 0 Å². The molecule has 17 heavy (non-hydrogen) atoms. The minimum absolute atomic E-state index is 0.608. The fraction of sp³-hybridized carbons (Fsp3) is 0.429. The number of rotatable bonds is 3. The molecule has 0 amide bonds. The molecule has 0 bridgehead atoms. The Hall–Kier alpha value is -0.798. The van der Waals surface area contributed by atoms with Crippen LogP contribution in [0.2, 0.25) is 12.9 Å². The van der Waals surface area contributed by atoms with Crippen LogP contribution in [0.3, 0.4) is 0 Å². The number of hydrogen-bond acceptors (Lipinski definition) is 1. The highest BCUT2D eigenvalue weighted by atomic mass is 28.3. The molecule has 0 saturated carbocycles. The highest BCUT2D eigenvalue weighted by molar-refractivity contribution is 7.04. The molecule has 2 rings (SSSR count). The summed E-state index contributed by atoms with van der Waals surface area (Å²) < 4.78 is 0. The van der Waals surface area contributed by atoms with Gasteiger partial charge in [0.25, 0.3) is 0 Å². The molecule has 3 heteroatoms. The highest BCUT2D eigenvalue weighted by Gasteiger charge is 2.42. The molecule has 1 N–H and O–H groups in total. The number of hydrogen-bond donors (Lipinski definition) is 1. The van der Waals surface area contributed by atoms with Crippen molar-refractivity contribution in [3.8, 4) is 0 Å². The molecule has 0 spiro atoms. The van der Waals surface area contributed by atoms with Crippen LogP contribution in [-0.2, 0) is 0 Å². The second-order valence-corrected chi connectivity index (χ2v) is 8.97. The van der Waals surface area contributed by atoms with Crippen molar-refractivity contribution in [3.63, 3.8) is 0 Å². The van der Waals surface area contributed by atoms with Crippen LogP contribution < -0.4 is 10.1 Å². The van der Waals surface area contributed by atoms with E-state index >= 15 is 0 Å². The van der Waals surface area contributed by atoms with Crippen molar-refractivity contribution in [2.24, 2.45) is 0 Å². The molecule has 0 aliphatic carbocycles. The van der Waals surface area contributed by atoms with Gasteiger partial charge in [0.2, 0.25) is 6.85 Å². The molecule has 1 aromatic rings. The van der Waals surface area contributed by atoms with Crippen molar-refractivity contribution in [1.29, 1.82) is 0 Å². The van der Waals surface area contributed by atoms with E-state index in [0.29, 0.717) is 6.85 Å². The Kier molecular flexibility index (Phi) is 3.59. The van der Waals surface area contributed by atoms with Crippen molar-refractivity contribution in [3.05, 3.63) is 41.0 Å². The van der Waals surface area contributed by atoms with E-state index in [-0.39, 0.29) is 0 Å². The SMILES string of the molecule is CCB1N[Si](C)(c2ccccc2)C(C)=C1CC. The van der Waals surface area contributed by atoms with Gasteiger partial charge in [-0.05, 0) is 25.1 Å². The Morgan fingerprint density at radius 1 is 1.18 bits per heavy atom. The predicted octanol–water partition coefficient (Wildman–Crippen LogP) is 2.89. The topological polar surface area (TPSA) is 12.0 Å². The lowest BCUT2D eigenvalue weighted by Gasteiger charge is -2.26. The third-order valence-electron chi connectivity index (χ3n) is 4.26. The zero-order chi connectivity index (χ0) is 12.5. The van der Waals surface area contributed by atoms with Crippen molar-refractivity contribution < 1.29 is 0 Å². The number of benzene rings is 1. The molecule has 1 aromatic carbocycles. The van der Waals surface area contributed by atoms with Gasteiger partial charge in [0.15, 0.2) is 8.24 Å². The molecule has 1 atom stereocenters. The minimum Gasteiger partial charge on any atom is -0.368 e. The van der Waals surface area contributed by atoms with Gasteiger partial charge in [-0.15, -0.1) is 0 Å². The first-order valence-corrected chi connectivity index (χ1v) is 9.16. The third-order valence-corrected chi connectivity index (χ3v) is 8.49. The standard InChI is InChI=1S/C14H22BNSi/c1-5-14-12(3)17(4,16-15(14)6-2)13-10-8-7-9-11-13/h7-11,16H,5-6H2,1-4H3. The van der Waals surface area contributed by atoms with E-state index in [1.165, 1.54) is 17.9 Å². The third kappa shape index (κ3) is 2.02.